The van der Waals surface area contributed by atoms with Crippen LogP contribution in [-0.4, -0.2) is 52.7 Å². The molecule has 2 aromatic carbocycles. The molecule has 0 aliphatic carbocycles. The summed E-state index contributed by atoms with van der Waals surface area (Å²) in [7, 11) is 0. The fourth-order valence-electron chi connectivity index (χ4n) is 2.89. The highest BCUT2D eigenvalue weighted by Crippen LogP contribution is 2.30. The molecule has 0 saturated heterocycles. The standard InChI is InChI=1S/C21H20N4O5/c26-20(22-10-16-13-28-18-8-4-5-9-19(18)30-16)14-29-21(27)17-12-25(24-23-17)11-15-6-2-1-3-7-15/h1-9,12,16H,10-11,13-14H2,(H,22,26). The van der Waals surface area contributed by atoms with Crippen molar-refractivity contribution >= 4 is 11.9 Å². The number of amides is 1. The van der Waals surface area contributed by atoms with Crippen LogP contribution in [0.5, 0.6) is 11.5 Å². The molecule has 154 valence electrons. The summed E-state index contributed by atoms with van der Waals surface area (Å²) in [5.41, 5.74) is 1.07. The Morgan fingerprint density at radius 3 is 2.70 bits per heavy atom. The van der Waals surface area contributed by atoms with E-state index in [1.54, 1.807) is 6.07 Å². The van der Waals surface area contributed by atoms with Gasteiger partial charge in [-0.3, -0.25) is 4.79 Å². The van der Waals surface area contributed by atoms with Crippen LogP contribution in [0, 0.1) is 0 Å². The number of ether oxygens (including phenoxy) is 3. The topological polar surface area (TPSA) is 105 Å². The van der Waals surface area contributed by atoms with E-state index in [0.717, 1.165) is 5.56 Å². The maximum Gasteiger partial charge on any atom is 0.361 e. The van der Waals surface area contributed by atoms with Crippen LogP contribution in [0.4, 0.5) is 0 Å². The van der Waals surface area contributed by atoms with Crippen molar-refractivity contribution in [2.75, 3.05) is 19.8 Å². The van der Waals surface area contributed by atoms with E-state index in [4.69, 9.17) is 14.2 Å². The number of carbonyl (C=O) groups is 2. The number of rotatable bonds is 7. The molecule has 1 unspecified atom stereocenters. The molecule has 0 bridgehead atoms. The summed E-state index contributed by atoms with van der Waals surface area (Å²) in [6.07, 6.45) is 1.16. The Balaban J connectivity index is 1.20. The number of aromatic nitrogens is 3. The van der Waals surface area contributed by atoms with Crippen molar-refractivity contribution in [1.82, 2.24) is 20.3 Å². The lowest BCUT2D eigenvalue weighted by Gasteiger charge is -2.26. The van der Waals surface area contributed by atoms with Crippen LogP contribution in [-0.2, 0) is 16.1 Å². The highest BCUT2D eigenvalue weighted by Gasteiger charge is 2.21. The summed E-state index contributed by atoms with van der Waals surface area (Å²) in [6, 6.07) is 17.0. The first-order valence-electron chi connectivity index (χ1n) is 9.44. The number of hydrogen-bond donors (Lipinski definition) is 1. The van der Waals surface area contributed by atoms with Crippen LogP contribution in [0.1, 0.15) is 16.1 Å². The summed E-state index contributed by atoms with van der Waals surface area (Å²) >= 11 is 0. The van der Waals surface area contributed by atoms with Gasteiger partial charge in [0, 0.05) is 0 Å². The second-order valence-electron chi connectivity index (χ2n) is 6.66. The zero-order valence-corrected chi connectivity index (χ0v) is 16.1. The highest BCUT2D eigenvalue weighted by molar-refractivity contribution is 5.89. The predicted octanol–water partition coefficient (Wildman–Crippen LogP) is 1.44. The number of esters is 1. The van der Waals surface area contributed by atoms with Gasteiger partial charge in [-0.05, 0) is 17.7 Å². The summed E-state index contributed by atoms with van der Waals surface area (Å²) in [6.45, 7) is 0.613. The molecule has 3 aromatic rings. The first-order valence-corrected chi connectivity index (χ1v) is 9.44. The molecule has 30 heavy (non-hydrogen) atoms. The lowest BCUT2D eigenvalue weighted by atomic mass is 10.2. The number of nitrogens with zero attached hydrogens (tertiary/aromatic N) is 3. The van der Waals surface area contributed by atoms with Gasteiger partial charge in [0.05, 0.1) is 19.3 Å². The second-order valence-corrected chi connectivity index (χ2v) is 6.66. The van der Waals surface area contributed by atoms with Gasteiger partial charge in [0.25, 0.3) is 5.91 Å². The van der Waals surface area contributed by atoms with Crippen molar-refractivity contribution in [2.45, 2.75) is 12.6 Å². The van der Waals surface area contributed by atoms with E-state index in [1.807, 2.05) is 48.5 Å². The fraction of sp³-hybridized carbons (Fsp3) is 0.238. The number of nitrogens with one attached hydrogen (secondary N) is 1. The van der Waals surface area contributed by atoms with E-state index in [9.17, 15) is 9.59 Å². The van der Waals surface area contributed by atoms with E-state index < -0.39 is 18.5 Å². The van der Waals surface area contributed by atoms with Crippen molar-refractivity contribution in [3.63, 3.8) is 0 Å². The van der Waals surface area contributed by atoms with Gasteiger partial charge in [-0.25, -0.2) is 9.48 Å². The third-order valence-electron chi connectivity index (χ3n) is 4.36. The van der Waals surface area contributed by atoms with Gasteiger partial charge in [-0.2, -0.15) is 0 Å². The molecule has 1 aliphatic heterocycles. The Kier molecular flexibility index (Phi) is 5.88. The zero-order valence-electron chi connectivity index (χ0n) is 16.1. The van der Waals surface area contributed by atoms with Crippen LogP contribution >= 0.6 is 0 Å². The molecule has 9 nitrogen and oxygen atoms in total. The van der Waals surface area contributed by atoms with E-state index in [0.29, 0.717) is 24.7 Å². The third-order valence-corrected chi connectivity index (χ3v) is 4.36. The second kappa shape index (κ2) is 9.08. The van der Waals surface area contributed by atoms with Crippen LogP contribution in [0.2, 0.25) is 0 Å². The van der Waals surface area contributed by atoms with Gasteiger partial charge >= 0.3 is 5.97 Å². The minimum Gasteiger partial charge on any atom is -0.486 e. The van der Waals surface area contributed by atoms with Crippen molar-refractivity contribution < 1.29 is 23.8 Å². The van der Waals surface area contributed by atoms with Crippen molar-refractivity contribution in [2.24, 2.45) is 0 Å². The molecule has 0 fully saturated rings. The molecule has 1 aliphatic rings. The average molecular weight is 408 g/mol. The third kappa shape index (κ3) is 4.93. The number of para-hydroxylation sites is 2. The van der Waals surface area contributed by atoms with Gasteiger partial charge in [0.15, 0.2) is 23.8 Å². The molecular formula is C21H20N4O5. The van der Waals surface area contributed by atoms with Gasteiger partial charge in [0.1, 0.15) is 12.7 Å². The van der Waals surface area contributed by atoms with Gasteiger partial charge in [-0.15, -0.1) is 5.10 Å². The van der Waals surface area contributed by atoms with Crippen molar-refractivity contribution in [3.8, 4) is 11.5 Å². The molecule has 9 heteroatoms. The van der Waals surface area contributed by atoms with Crippen molar-refractivity contribution in [1.29, 1.82) is 0 Å². The minimum atomic E-state index is -0.712. The maximum absolute atomic E-state index is 12.1. The van der Waals surface area contributed by atoms with Crippen LogP contribution in [0.3, 0.4) is 0 Å². The molecule has 1 N–H and O–H groups in total. The Morgan fingerprint density at radius 1 is 1.10 bits per heavy atom. The molecule has 0 radical (unpaired) electrons. The van der Waals surface area contributed by atoms with Gasteiger partial charge < -0.3 is 19.5 Å². The Bertz CT molecular complexity index is 1020. The summed E-state index contributed by atoms with van der Waals surface area (Å²) in [5.74, 6) is 0.153. The lowest BCUT2D eigenvalue weighted by molar-refractivity contribution is -0.124. The largest absolute Gasteiger partial charge is 0.486 e. The fourth-order valence-corrected chi connectivity index (χ4v) is 2.89. The Labute approximate surface area is 172 Å². The molecule has 1 amide bonds. The monoisotopic (exact) mass is 408 g/mol. The molecular weight excluding hydrogens is 388 g/mol. The minimum absolute atomic E-state index is 0.0411. The SMILES string of the molecule is O=C(COC(=O)c1cn(Cc2ccccc2)nn1)NCC1COc2ccccc2O1. The van der Waals surface area contributed by atoms with Crippen LogP contribution in [0.25, 0.3) is 0 Å². The summed E-state index contributed by atoms with van der Waals surface area (Å²) in [5, 5.41) is 10.4. The summed E-state index contributed by atoms with van der Waals surface area (Å²) in [4.78, 5) is 24.1. The molecule has 0 spiro atoms. The highest BCUT2D eigenvalue weighted by atomic mass is 16.6. The van der Waals surface area contributed by atoms with Gasteiger partial charge in [0.2, 0.25) is 0 Å². The van der Waals surface area contributed by atoms with E-state index in [2.05, 4.69) is 15.6 Å². The predicted molar refractivity (Wildman–Crippen MR) is 105 cm³/mol. The zero-order chi connectivity index (χ0) is 20.8. The number of carbonyl (C=O) groups excluding carboxylic acids is 2. The lowest BCUT2D eigenvalue weighted by Crippen LogP contribution is -2.42. The number of hydrogen-bond acceptors (Lipinski definition) is 7. The Hall–Kier alpha value is -3.88. The number of fused-ring (bicyclic) bond motifs is 1. The van der Waals surface area contributed by atoms with E-state index in [1.165, 1.54) is 10.9 Å². The summed E-state index contributed by atoms with van der Waals surface area (Å²) < 4.78 is 17.9. The van der Waals surface area contributed by atoms with E-state index in [-0.39, 0.29) is 18.3 Å². The molecule has 1 aromatic heterocycles. The molecule has 0 saturated carbocycles. The molecule has 4 rings (SSSR count). The number of benzene rings is 2. The van der Waals surface area contributed by atoms with Crippen LogP contribution < -0.4 is 14.8 Å². The first kappa shape index (κ1) is 19.4. The van der Waals surface area contributed by atoms with Crippen LogP contribution in [0.15, 0.2) is 60.8 Å². The van der Waals surface area contributed by atoms with Crippen molar-refractivity contribution in [3.05, 3.63) is 72.1 Å². The van der Waals surface area contributed by atoms with Gasteiger partial charge in [-0.1, -0.05) is 47.7 Å². The molecule has 1 atom stereocenters. The maximum atomic E-state index is 12.1. The smallest absolute Gasteiger partial charge is 0.361 e. The Morgan fingerprint density at radius 2 is 1.87 bits per heavy atom. The quantitative estimate of drug-likeness (QED) is 0.590. The van der Waals surface area contributed by atoms with E-state index >= 15 is 0 Å². The normalized spacial score (nSPS) is 14.7. The average Bonchev–Trinajstić information content (AvgIpc) is 3.25. The molecule has 2 heterocycles. The first-order chi connectivity index (χ1) is 14.7.